The Kier molecular flexibility index (Phi) is 4.23. The minimum Gasteiger partial charge on any atom is -0.435 e. The normalized spacial score (nSPS) is 17.8. The van der Waals surface area contributed by atoms with Gasteiger partial charge in [0, 0.05) is 0 Å². The van der Waals surface area contributed by atoms with Crippen LogP contribution in [0.3, 0.4) is 0 Å². The molecule has 0 aliphatic heterocycles. The van der Waals surface area contributed by atoms with Crippen LogP contribution in [-0.4, -0.2) is 19.1 Å². The summed E-state index contributed by atoms with van der Waals surface area (Å²) in [6, 6.07) is 5.95. The Labute approximate surface area is 116 Å². The van der Waals surface area contributed by atoms with Gasteiger partial charge >= 0.3 is 6.61 Å². The first-order valence-electron chi connectivity index (χ1n) is 6.52. The van der Waals surface area contributed by atoms with Crippen molar-refractivity contribution in [1.29, 1.82) is 0 Å². The van der Waals surface area contributed by atoms with Gasteiger partial charge < -0.3 is 10.5 Å². The van der Waals surface area contributed by atoms with E-state index in [9.17, 15) is 13.6 Å². The van der Waals surface area contributed by atoms with Crippen LogP contribution in [0.15, 0.2) is 24.3 Å². The number of alkyl halides is 2. The van der Waals surface area contributed by atoms with E-state index in [4.69, 9.17) is 5.73 Å². The van der Waals surface area contributed by atoms with Crippen molar-refractivity contribution in [2.45, 2.75) is 31.9 Å². The van der Waals surface area contributed by atoms with Crippen LogP contribution in [0.4, 0.5) is 8.78 Å². The average Bonchev–Trinajstić information content (AvgIpc) is 3.20. The van der Waals surface area contributed by atoms with Gasteiger partial charge in [-0.2, -0.15) is 8.78 Å². The molecule has 110 valence electrons. The minimum atomic E-state index is -2.86. The van der Waals surface area contributed by atoms with E-state index in [1.165, 1.54) is 12.1 Å². The highest BCUT2D eigenvalue weighted by Gasteiger charge is 2.35. The lowest BCUT2D eigenvalue weighted by atomic mass is 9.91. The molecule has 1 unspecified atom stereocenters. The molecule has 2 rings (SSSR count). The number of ether oxygens (including phenoxy) is 1. The van der Waals surface area contributed by atoms with Gasteiger partial charge in [-0.25, -0.2) is 0 Å². The smallest absolute Gasteiger partial charge is 0.387 e. The van der Waals surface area contributed by atoms with Crippen molar-refractivity contribution in [3.63, 3.8) is 0 Å². The van der Waals surface area contributed by atoms with Crippen LogP contribution < -0.4 is 15.8 Å². The lowest BCUT2D eigenvalue weighted by Gasteiger charge is -2.28. The summed E-state index contributed by atoms with van der Waals surface area (Å²) < 4.78 is 28.5. The van der Waals surface area contributed by atoms with E-state index in [1.54, 1.807) is 19.1 Å². The third-order valence-electron chi connectivity index (χ3n) is 3.59. The number of benzene rings is 1. The zero-order valence-electron chi connectivity index (χ0n) is 11.2. The van der Waals surface area contributed by atoms with Gasteiger partial charge in [-0.1, -0.05) is 12.1 Å². The molecule has 4 nitrogen and oxygen atoms in total. The number of carbonyl (C=O) groups excluding carboxylic acids is 1. The molecule has 0 radical (unpaired) electrons. The Morgan fingerprint density at radius 3 is 2.50 bits per heavy atom. The van der Waals surface area contributed by atoms with Crippen LogP contribution in [0, 0.1) is 5.92 Å². The van der Waals surface area contributed by atoms with Gasteiger partial charge in [0.05, 0.1) is 0 Å². The molecule has 1 fully saturated rings. The largest absolute Gasteiger partial charge is 0.435 e. The molecule has 1 aliphatic rings. The molecule has 3 N–H and O–H groups in total. The highest BCUT2D eigenvalue weighted by Crippen LogP contribution is 2.30. The molecule has 0 bridgehead atoms. The molecule has 1 aliphatic carbocycles. The summed E-state index contributed by atoms with van der Waals surface area (Å²) in [5, 5.41) is 3.17. The molecule has 6 heteroatoms. The number of carbonyl (C=O) groups is 1. The molecule has 0 spiro atoms. The van der Waals surface area contributed by atoms with Gasteiger partial charge in [0.2, 0.25) is 5.91 Å². The van der Waals surface area contributed by atoms with Crippen LogP contribution >= 0.6 is 0 Å². The van der Waals surface area contributed by atoms with Crippen LogP contribution in [0.25, 0.3) is 0 Å². The second kappa shape index (κ2) is 5.75. The van der Waals surface area contributed by atoms with Crippen molar-refractivity contribution in [2.24, 2.45) is 11.7 Å². The molecule has 0 aromatic heterocycles. The van der Waals surface area contributed by atoms with Crippen LogP contribution in [-0.2, 0) is 10.3 Å². The van der Waals surface area contributed by atoms with Crippen molar-refractivity contribution in [3.05, 3.63) is 29.8 Å². The van der Waals surface area contributed by atoms with E-state index in [1.807, 2.05) is 0 Å². The molecular formula is C14H18F2N2O2. The molecule has 20 heavy (non-hydrogen) atoms. The van der Waals surface area contributed by atoms with E-state index in [0.29, 0.717) is 18.0 Å². The molecule has 1 saturated carbocycles. The molecule has 0 heterocycles. The molecule has 1 aromatic rings. The number of rotatable bonds is 7. The van der Waals surface area contributed by atoms with Crippen molar-refractivity contribution in [1.82, 2.24) is 5.32 Å². The predicted octanol–water partition coefficient (Wildman–Crippen LogP) is 1.99. The molecular weight excluding hydrogens is 266 g/mol. The summed E-state index contributed by atoms with van der Waals surface area (Å²) in [6.07, 6.45) is 2.31. The van der Waals surface area contributed by atoms with E-state index in [2.05, 4.69) is 10.1 Å². The summed E-state index contributed by atoms with van der Waals surface area (Å²) in [5.41, 5.74) is 5.10. The third kappa shape index (κ3) is 3.45. The fourth-order valence-corrected chi connectivity index (χ4v) is 1.97. The minimum absolute atomic E-state index is 0.0535. The number of hydrogen-bond acceptors (Lipinski definition) is 3. The number of nitrogens with one attached hydrogen (secondary N) is 1. The Morgan fingerprint density at radius 2 is 2.05 bits per heavy atom. The second-order valence-corrected chi connectivity index (χ2v) is 5.22. The van der Waals surface area contributed by atoms with E-state index < -0.39 is 18.1 Å². The number of hydrogen-bond donors (Lipinski definition) is 2. The van der Waals surface area contributed by atoms with Gasteiger partial charge in [-0.05, 0) is 49.9 Å². The van der Waals surface area contributed by atoms with Gasteiger partial charge in [-0.3, -0.25) is 10.1 Å². The zero-order chi connectivity index (χ0) is 14.8. The monoisotopic (exact) mass is 284 g/mol. The zero-order valence-corrected chi connectivity index (χ0v) is 11.2. The lowest BCUT2D eigenvalue weighted by molar-refractivity contribution is -0.124. The van der Waals surface area contributed by atoms with Gasteiger partial charge in [0.25, 0.3) is 0 Å². The van der Waals surface area contributed by atoms with Crippen molar-refractivity contribution >= 4 is 5.91 Å². The lowest BCUT2D eigenvalue weighted by Crippen LogP contribution is -2.51. The summed E-state index contributed by atoms with van der Waals surface area (Å²) in [7, 11) is 0. The average molecular weight is 284 g/mol. The maximum atomic E-state index is 12.1. The van der Waals surface area contributed by atoms with Gasteiger partial charge in [0.15, 0.2) is 0 Å². The summed E-state index contributed by atoms with van der Waals surface area (Å²) in [4.78, 5) is 11.7. The number of primary amides is 1. The number of amides is 1. The maximum Gasteiger partial charge on any atom is 0.387 e. The Bertz CT molecular complexity index is 475. The number of halogens is 2. The van der Waals surface area contributed by atoms with E-state index in [-0.39, 0.29) is 5.75 Å². The standard InChI is InChI=1S/C14H18F2N2O2/c1-14(12(17)19,18-8-9-2-3-9)10-4-6-11(7-5-10)20-13(15)16/h4-7,9,13,18H,2-3,8H2,1H3,(H2,17,19). The van der Waals surface area contributed by atoms with E-state index in [0.717, 1.165) is 12.8 Å². The number of nitrogens with two attached hydrogens (primary N) is 1. The fraction of sp³-hybridized carbons (Fsp3) is 0.500. The Balaban J connectivity index is 2.13. The fourth-order valence-electron chi connectivity index (χ4n) is 1.97. The van der Waals surface area contributed by atoms with Crippen LogP contribution in [0.2, 0.25) is 0 Å². The molecule has 1 atom stereocenters. The van der Waals surface area contributed by atoms with Crippen molar-refractivity contribution in [3.8, 4) is 5.75 Å². The quantitative estimate of drug-likeness (QED) is 0.804. The SMILES string of the molecule is CC(NCC1CC1)(C(N)=O)c1ccc(OC(F)F)cc1. The molecule has 0 saturated heterocycles. The predicted molar refractivity (Wildman–Crippen MR) is 70.3 cm³/mol. The second-order valence-electron chi connectivity index (χ2n) is 5.22. The third-order valence-corrected chi connectivity index (χ3v) is 3.59. The van der Waals surface area contributed by atoms with Crippen molar-refractivity contribution < 1.29 is 18.3 Å². The molecule has 1 amide bonds. The summed E-state index contributed by atoms with van der Waals surface area (Å²) in [6.45, 7) is -0.452. The summed E-state index contributed by atoms with van der Waals surface area (Å²) in [5.74, 6) is 0.147. The van der Waals surface area contributed by atoms with Gasteiger partial charge in [-0.15, -0.1) is 0 Å². The first-order chi connectivity index (χ1) is 9.41. The Morgan fingerprint density at radius 1 is 1.45 bits per heavy atom. The van der Waals surface area contributed by atoms with Crippen LogP contribution in [0.5, 0.6) is 5.75 Å². The highest BCUT2D eigenvalue weighted by atomic mass is 19.3. The highest BCUT2D eigenvalue weighted by molar-refractivity contribution is 5.85. The van der Waals surface area contributed by atoms with E-state index >= 15 is 0 Å². The first-order valence-corrected chi connectivity index (χ1v) is 6.52. The molecule has 1 aromatic carbocycles. The van der Waals surface area contributed by atoms with Gasteiger partial charge in [0.1, 0.15) is 11.3 Å². The Hall–Kier alpha value is -1.69. The summed E-state index contributed by atoms with van der Waals surface area (Å²) >= 11 is 0. The van der Waals surface area contributed by atoms with Crippen LogP contribution in [0.1, 0.15) is 25.3 Å². The first kappa shape index (κ1) is 14.7. The topological polar surface area (TPSA) is 64.3 Å². The maximum absolute atomic E-state index is 12.1. The van der Waals surface area contributed by atoms with Crippen molar-refractivity contribution in [2.75, 3.05) is 6.54 Å².